The number of carbonyl (C=O) groups is 2. The quantitative estimate of drug-likeness (QED) is 0.660. The van der Waals surface area contributed by atoms with Gasteiger partial charge in [0.15, 0.2) is 5.82 Å². The first-order valence-corrected chi connectivity index (χ1v) is 9.23. The lowest BCUT2D eigenvalue weighted by atomic mass is 10.1. The molecule has 154 valence electrons. The number of benzene rings is 1. The van der Waals surface area contributed by atoms with Gasteiger partial charge in [-0.1, -0.05) is 0 Å². The Morgan fingerprint density at radius 2 is 2.07 bits per heavy atom. The van der Waals surface area contributed by atoms with Crippen molar-refractivity contribution >= 4 is 23.2 Å². The van der Waals surface area contributed by atoms with Crippen molar-refractivity contribution in [2.45, 2.75) is 6.42 Å². The Balaban J connectivity index is 1.46. The van der Waals surface area contributed by atoms with Crippen LogP contribution in [0.1, 0.15) is 6.42 Å². The van der Waals surface area contributed by atoms with Crippen LogP contribution in [0.4, 0.5) is 11.4 Å². The van der Waals surface area contributed by atoms with Crippen LogP contribution in [0.15, 0.2) is 49.2 Å². The molecule has 2 aromatic heterocycles. The summed E-state index contributed by atoms with van der Waals surface area (Å²) in [6.45, 7) is 0.249. The molecule has 1 fully saturated rings. The third-order valence-corrected chi connectivity index (χ3v) is 4.84. The summed E-state index contributed by atoms with van der Waals surface area (Å²) in [6.07, 6.45) is 4.59. The molecule has 1 aromatic carbocycles. The second kappa shape index (κ2) is 8.19. The van der Waals surface area contributed by atoms with E-state index < -0.39 is 5.92 Å². The minimum absolute atomic E-state index is 0.108. The summed E-state index contributed by atoms with van der Waals surface area (Å²) in [5.41, 5.74) is 1.12. The average molecular weight is 408 g/mol. The molecule has 1 atom stereocenters. The number of ether oxygens (including phenoxy) is 2. The second-order valence-electron chi connectivity index (χ2n) is 6.68. The minimum atomic E-state index is -0.497. The van der Waals surface area contributed by atoms with Crippen LogP contribution in [0.5, 0.6) is 11.5 Å². The van der Waals surface area contributed by atoms with Crippen LogP contribution >= 0.6 is 0 Å². The number of anilines is 2. The summed E-state index contributed by atoms with van der Waals surface area (Å²) in [6, 6.07) is 8.66. The molecule has 1 saturated heterocycles. The lowest BCUT2D eigenvalue weighted by Crippen LogP contribution is -2.28. The van der Waals surface area contributed by atoms with Gasteiger partial charge in [0.1, 0.15) is 24.2 Å². The number of hydrogen-bond acceptors (Lipinski definition) is 7. The monoisotopic (exact) mass is 408 g/mol. The number of hydrogen-bond donors (Lipinski definition) is 1. The molecule has 1 unspecified atom stereocenters. The Labute approximate surface area is 172 Å². The van der Waals surface area contributed by atoms with Gasteiger partial charge in [-0.05, 0) is 24.3 Å². The molecule has 0 bridgehead atoms. The molecule has 0 aliphatic carbocycles. The standard InChI is InChI=1S/C20H20N6O4/c1-29-15-4-5-17(30-2)16(8-15)25-10-13(7-19(25)27)20(28)24-14-3-6-18(22-9-14)26-12-21-11-23-26/h3-6,8-9,11-13H,7,10H2,1-2H3,(H,24,28). The molecule has 1 aliphatic rings. The van der Waals surface area contributed by atoms with Crippen LogP contribution in [-0.2, 0) is 9.59 Å². The molecule has 1 aliphatic heterocycles. The maximum absolute atomic E-state index is 12.7. The Morgan fingerprint density at radius 1 is 1.20 bits per heavy atom. The third kappa shape index (κ3) is 3.79. The van der Waals surface area contributed by atoms with Crippen LogP contribution < -0.4 is 19.7 Å². The molecule has 4 rings (SSSR count). The van der Waals surface area contributed by atoms with Crippen LogP contribution in [0, 0.1) is 5.92 Å². The van der Waals surface area contributed by atoms with Crippen molar-refractivity contribution in [3.05, 3.63) is 49.2 Å². The van der Waals surface area contributed by atoms with Crippen molar-refractivity contribution in [2.75, 3.05) is 31.0 Å². The smallest absolute Gasteiger partial charge is 0.229 e. The van der Waals surface area contributed by atoms with Crippen molar-refractivity contribution in [3.8, 4) is 17.3 Å². The Kier molecular flexibility index (Phi) is 5.29. The zero-order chi connectivity index (χ0) is 21.1. The van der Waals surface area contributed by atoms with Gasteiger partial charge in [0.05, 0.1) is 37.7 Å². The zero-order valence-corrected chi connectivity index (χ0v) is 16.5. The summed E-state index contributed by atoms with van der Waals surface area (Å²) >= 11 is 0. The fourth-order valence-corrected chi connectivity index (χ4v) is 3.29. The number of aromatic nitrogens is 4. The van der Waals surface area contributed by atoms with Crippen molar-refractivity contribution < 1.29 is 19.1 Å². The molecule has 10 heteroatoms. The average Bonchev–Trinajstić information content (AvgIpc) is 3.44. The summed E-state index contributed by atoms with van der Waals surface area (Å²) in [7, 11) is 3.09. The molecule has 2 amide bonds. The van der Waals surface area contributed by atoms with Crippen molar-refractivity contribution in [1.82, 2.24) is 19.7 Å². The summed E-state index contributed by atoms with van der Waals surface area (Å²) in [5.74, 6) is 0.828. The number of methoxy groups -OCH3 is 2. The van der Waals surface area contributed by atoms with Gasteiger partial charge in [0.2, 0.25) is 11.8 Å². The molecule has 0 radical (unpaired) electrons. The molecule has 30 heavy (non-hydrogen) atoms. The SMILES string of the molecule is COc1ccc(OC)c(N2CC(C(=O)Nc3ccc(-n4cncn4)nc3)CC2=O)c1. The van der Waals surface area contributed by atoms with Crippen LogP contribution in [-0.4, -0.2) is 52.3 Å². The third-order valence-electron chi connectivity index (χ3n) is 4.84. The number of amides is 2. The molecule has 10 nitrogen and oxygen atoms in total. The van der Waals surface area contributed by atoms with E-state index in [-0.39, 0.29) is 24.8 Å². The molecule has 0 spiro atoms. The number of carbonyl (C=O) groups excluding carboxylic acids is 2. The molecular formula is C20H20N6O4. The van der Waals surface area contributed by atoms with Crippen LogP contribution in [0.2, 0.25) is 0 Å². The first-order valence-electron chi connectivity index (χ1n) is 9.23. The Morgan fingerprint density at radius 3 is 2.73 bits per heavy atom. The van der Waals surface area contributed by atoms with Gasteiger partial charge < -0.3 is 19.7 Å². The Bertz CT molecular complexity index is 1050. The van der Waals surface area contributed by atoms with E-state index in [1.165, 1.54) is 30.6 Å². The Hall–Kier alpha value is -3.95. The normalized spacial score (nSPS) is 15.9. The van der Waals surface area contributed by atoms with E-state index in [1.807, 2.05) is 0 Å². The highest BCUT2D eigenvalue weighted by atomic mass is 16.5. The van der Waals surface area contributed by atoms with Gasteiger partial charge in [-0.2, -0.15) is 5.10 Å². The fraction of sp³-hybridized carbons (Fsp3) is 0.250. The highest BCUT2D eigenvalue weighted by Crippen LogP contribution is 2.36. The number of pyridine rings is 1. The van der Waals surface area contributed by atoms with E-state index in [0.717, 1.165) is 0 Å². The van der Waals surface area contributed by atoms with E-state index in [1.54, 1.807) is 42.3 Å². The maximum atomic E-state index is 12.7. The summed E-state index contributed by atoms with van der Waals surface area (Å²) in [4.78, 5) is 35.0. The number of nitrogens with one attached hydrogen (secondary N) is 1. The first kappa shape index (κ1) is 19.4. The zero-order valence-electron chi connectivity index (χ0n) is 16.5. The number of nitrogens with zero attached hydrogens (tertiary/aromatic N) is 5. The van der Waals surface area contributed by atoms with Crippen molar-refractivity contribution in [3.63, 3.8) is 0 Å². The summed E-state index contributed by atoms with van der Waals surface area (Å²) in [5, 5.41) is 6.82. The van der Waals surface area contributed by atoms with E-state index in [0.29, 0.717) is 28.7 Å². The maximum Gasteiger partial charge on any atom is 0.229 e. The lowest BCUT2D eigenvalue weighted by molar-refractivity contribution is -0.122. The van der Waals surface area contributed by atoms with Crippen molar-refractivity contribution in [1.29, 1.82) is 0 Å². The van der Waals surface area contributed by atoms with Gasteiger partial charge in [0.25, 0.3) is 0 Å². The van der Waals surface area contributed by atoms with E-state index in [4.69, 9.17) is 9.47 Å². The topological polar surface area (TPSA) is 111 Å². The highest BCUT2D eigenvalue weighted by Gasteiger charge is 2.36. The highest BCUT2D eigenvalue weighted by molar-refractivity contribution is 6.04. The van der Waals surface area contributed by atoms with Gasteiger partial charge in [-0.15, -0.1) is 0 Å². The first-order chi connectivity index (χ1) is 14.6. The largest absolute Gasteiger partial charge is 0.497 e. The van der Waals surface area contributed by atoms with Crippen molar-refractivity contribution in [2.24, 2.45) is 5.92 Å². The molecular weight excluding hydrogens is 388 g/mol. The lowest BCUT2D eigenvalue weighted by Gasteiger charge is -2.20. The van der Waals surface area contributed by atoms with Gasteiger partial charge >= 0.3 is 0 Å². The number of rotatable bonds is 6. The predicted octanol–water partition coefficient (Wildman–Crippen LogP) is 1.67. The van der Waals surface area contributed by atoms with E-state index >= 15 is 0 Å². The molecule has 3 heterocycles. The van der Waals surface area contributed by atoms with E-state index in [9.17, 15) is 9.59 Å². The summed E-state index contributed by atoms with van der Waals surface area (Å²) < 4.78 is 12.1. The minimum Gasteiger partial charge on any atom is -0.497 e. The van der Waals surface area contributed by atoms with Gasteiger partial charge in [-0.25, -0.2) is 14.6 Å². The molecule has 3 aromatic rings. The second-order valence-corrected chi connectivity index (χ2v) is 6.68. The van der Waals surface area contributed by atoms with E-state index in [2.05, 4.69) is 20.4 Å². The van der Waals surface area contributed by atoms with Crippen LogP contribution in [0.3, 0.4) is 0 Å². The van der Waals surface area contributed by atoms with Gasteiger partial charge in [0, 0.05) is 19.0 Å². The molecule has 0 saturated carbocycles. The van der Waals surface area contributed by atoms with Gasteiger partial charge in [-0.3, -0.25) is 9.59 Å². The fourth-order valence-electron chi connectivity index (χ4n) is 3.29. The van der Waals surface area contributed by atoms with Crippen LogP contribution in [0.25, 0.3) is 5.82 Å². The molecule has 1 N–H and O–H groups in total. The predicted molar refractivity (Wildman–Crippen MR) is 108 cm³/mol.